The highest BCUT2D eigenvalue weighted by Crippen LogP contribution is 2.18. The van der Waals surface area contributed by atoms with Gasteiger partial charge in [0.05, 0.1) is 0 Å². The fourth-order valence-corrected chi connectivity index (χ4v) is 3.11. The number of ketones is 1. The molecular weight excluding hydrogens is 322 g/mol. The molecule has 0 spiro atoms. The summed E-state index contributed by atoms with van der Waals surface area (Å²) in [5.41, 5.74) is 2.68. The van der Waals surface area contributed by atoms with Crippen LogP contribution in [0.3, 0.4) is 0 Å². The molecule has 5 nitrogen and oxygen atoms in total. The molecule has 2 rings (SSSR count). The number of nitrogens with one attached hydrogen (secondary N) is 1. The Balaban J connectivity index is 1.85. The summed E-state index contributed by atoms with van der Waals surface area (Å²) in [6, 6.07) is 5.78. The van der Waals surface area contributed by atoms with Crippen molar-refractivity contribution in [3.8, 4) is 0 Å². The van der Waals surface area contributed by atoms with E-state index < -0.39 is 0 Å². The van der Waals surface area contributed by atoms with Crippen molar-refractivity contribution in [1.82, 2.24) is 10.2 Å². The Bertz CT molecular complexity index is 725. The molecule has 1 aromatic carbocycles. The van der Waals surface area contributed by atoms with Gasteiger partial charge in [-0.25, -0.2) is 0 Å². The zero-order chi connectivity index (χ0) is 17.5. The minimum Gasteiger partial charge on any atom is -0.301 e. The lowest BCUT2D eigenvalue weighted by molar-refractivity contribution is -0.116. The predicted molar refractivity (Wildman–Crippen MR) is 96.6 cm³/mol. The van der Waals surface area contributed by atoms with E-state index in [0.29, 0.717) is 10.7 Å². The minimum atomic E-state index is -0.202. The molecule has 0 aliphatic carbocycles. The van der Waals surface area contributed by atoms with Crippen molar-refractivity contribution < 1.29 is 9.59 Å². The summed E-state index contributed by atoms with van der Waals surface area (Å²) in [6.45, 7) is 5.98. The van der Waals surface area contributed by atoms with Gasteiger partial charge in [0.1, 0.15) is 5.01 Å². The number of rotatable bonds is 8. The first-order chi connectivity index (χ1) is 11.5. The Morgan fingerprint density at radius 2 is 1.96 bits per heavy atom. The van der Waals surface area contributed by atoms with Crippen LogP contribution in [0.5, 0.6) is 0 Å². The van der Waals surface area contributed by atoms with Gasteiger partial charge in [-0.05, 0) is 31.9 Å². The lowest BCUT2D eigenvalue weighted by Crippen LogP contribution is -2.13. The molecule has 0 saturated carbocycles. The summed E-state index contributed by atoms with van der Waals surface area (Å²) in [4.78, 5) is 24.3. The normalized spacial score (nSPS) is 10.6. The third-order valence-corrected chi connectivity index (χ3v) is 4.63. The van der Waals surface area contributed by atoms with E-state index in [9.17, 15) is 9.59 Å². The van der Waals surface area contributed by atoms with E-state index in [2.05, 4.69) is 22.4 Å². The summed E-state index contributed by atoms with van der Waals surface area (Å²) in [6.07, 6.45) is 3.39. The van der Waals surface area contributed by atoms with Crippen LogP contribution in [0.4, 0.5) is 5.13 Å². The fourth-order valence-electron chi connectivity index (χ4n) is 2.31. The number of aryl methyl sites for hydroxylation is 3. The number of nitrogens with zero attached hydrogens (tertiary/aromatic N) is 2. The largest absolute Gasteiger partial charge is 0.301 e. The summed E-state index contributed by atoms with van der Waals surface area (Å²) in [5.74, 6) is -0.209. The van der Waals surface area contributed by atoms with Crippen molar-refractivity contribution in [1.29, 1.82) is 0 Å². The van der Waals surface area contributed by atoms with E-state index in [0.717, 1.165) is 35.4 Å². The molecule has 0 saturated heterocycles. The number of anilines is 1. The van der Waals surface area contributed by atoms with E-state index in [-0.39, 0.29) is 24.5 Å². The van der Waals surface area contributed by atoms with Crippen LogP contribution in [-0.2, 0) is 11.2 Å². The maximum absolute atomic E-state index is 12.3. The van der Waals surface area contributed by atoms with Crippen LogP contribution in [0.1, 0.15) is 59.1 Å². The van der Waals surface area contributed by atoms with Crippen molar-refractivity contribution in [3.05, 3.63) is 39.9 Å². The van der Waals surface area contributed by atoms with Gasteiger partial charge in [-0.1, -0.05) is 42.4 Å². The lowest BCUT2D eigenvalue weighted by atomic mass is 9.99. The van der Waals surface area contributed by atoms with E-state index in [1.54, 1.807) is 0 Å². The lowest BCUT2D eigenvalue weighted by Gasteiger charge is -2.06. The Morgan fingerprint density at radius 3 is 2.71 bits per heavy atom. The molecule has 0 bridgehead atoms. The monoisotopic (exact) mass is 345 g/mol. The first kappa shape index (κ1) is 18.3. The highest BCUT2D eigenvalue weighted by molar-refractivity contribution is 7.15. The summed E-state index contributed by atoms with van der Waals surface area (Å²) in [5, 5.41) is 12.2. The molecule has 0 unspecified atom stereocenters. The molecule has 0 aliphatic rings. The standard InChI is InChI=1S/C18H23N3O2S/c1-4-5-6-17-20-21-18(24-17)19-16(23)10-9-15(22)14-11-12(2)7-8-13(14)3/h7-8,11H,4-6,9-10H2,1-3H3,(H,19,21,23). The van der Waals surface area contributed by atoms with Crippen molar-refractivity contribution in [2.24, 2.45) is 0 Å². The molecule has 6 heteroatoms. The van der Waals surface area contributed by atoms with Gasteiger partial charge in [-0.2, -0.15) is 0 Å². The number of amides is 1. The van der Waals surface area contributed by atoms with Gasteiger partial charge in [0.25, 0.3) is 0 Å². The molecule has 1 N–H and O–H groups in total. The number of carbonyl (C=O) groups excluding carboxylic acids is 2. The third-order valence-electron chi connectivity index (χ3n) is 3.73. The number of carbonyl (C=O) groups is 2. The second kappa shape index (κ2) is 8.68. The van der Waals surface area contributed by atoms with Gasteiger partial charge in [0, 0.05) is 24.8 Å². The molecule has 128 valence electrons. The van der Waals surface area contributed by atoms with Crippen LogP contribution in [-0.4, -0.2) is 21.9 Å². The van der Waals surface area contributed by atoms with Crippen molar-refractivity contribution in [2.75, 3.05) is 5.32 Å². The first-order valence-corrected chi connectivity index (χ1v) is 9.04. The van der Waals surface area contributed by atoms with E-state index in [4.69, 9.17) is 0 Å². The zero-order valence-electron chi connectivity index (χ0n) is 14.4. The van der Waals surface area contributed by atoms with Crippen molar-refractivity contribution >= 4 is 28.2 Å². The van der Waals surface area contributed by atoms with Crippen molar-refractivity contribution in [3.63, 3.8) is 0 Å². The van der Waals surface area contributed by atoms with Gasteiger partial charge >= 0.3 is 0 Å². The Morgan fingerprint density at radius 1 is 1.17 bits per heavy atom. The number of hydrogen-bond donors (Lipinski definition) is 1. The molecular formula is C18H23N3O2S. The predicted octanol–water partition coefficient (Wildman–Crippen LogP) is 4.10. The SMILES string of the molecule is CCCCc1nnc(NC(=O)CCC(=O)c2cc(C)ccc2C)s1. The maximum atomic E-state index is 12.3. The van der Waals surface area contributed by atoms with Crippen LogP contribution in [0.25, 0.3) is 0 Å². The molecule has 0 aliphatic heterocycles. The van der Waals surface area contributed by atoms with Crippen molar-refractivity contribution in [2.45, 2.75) is 52.9 Å². The number of aromatic nitrogens is 2. The Kier molecular flexibility index (Phi) is 6.61. The molecule has 1 amide bonds. The minimum absolute atomic E-state index is 0.00718. The number of benzene rings is 1. The van der Waals surface area contributed by atoms with Crippen LogP contribution >= 0.6 is 11.3 Å². The summed E-state index contributed by atoms with van der Waals surface area (Å²) < 4.78 is 0. The molecule has 0 fully saturated rings. The second-order valence-corrected chi connectivity index (χ2v) is 6.96. The molecule has 1 aromatic heterocycles. The molecule has 0 radical (unpaired) electrons. The highest BCUT2D eigenvalue weighted by atomic mass is 32.1. The van der Waals surface area contributed by atoms with E-state index >= 15 is 0 Å². The first-order valence-electron chi connectivity index (χ1n) is 8.22. The molecule has 2 aromatic rings. The van der Waals surface area contributed by atoms with Crippen LogP contribution < -0.4 is 5.32 Å². The number of unbranched alkanes of at least 4 members (excludes halogenated alkanes) is 1. The topological polar surface area (TPSA) is 72.0 Å². The highest BCUT2D eigenvalue weighted by Gasteiger charge is 2.13. The Hall–Kier alpha value is -2.08. The van der Waals surface area contributed by atoms with Crippen LogP contribution in [0.2, 0.25) is 0 Å². The van der Waals surface area contributed by atoms with Gasteiger partial charge in [0.2, 0.25) is 11.0 Å². The average Bonchev–Trinajstić information content (AvgIpc) is 3.00. The van der Waals surface area contributed by atoms with E-state index in [1.165, 1.54) is 11.3 Å². The average molecular weight is 345 g/mol. The quantitative estimate of drug-likeness (QED) is 0.731. The summed E-state index contributed by atoms with van der Waals surface area (Å²) in [7, 11) is 0. The second-order valence-electron chi connectivity index (χ2n) is 5.89. The van der Waals surface area contributed by atoms with Crippen LogP contribution in [0, 0.1) is 13.8 Å². The summed E-state index contributed by atoms with van der Waals surface area (Å²) >= 11 is 1.40. The molecule has 24 heavy (non-hydrogen) atoms. The van der Waals surface area contributed by atoms with E-state index in [1.807, 2.05) is 32.0 Å². The van der Waals surface area contributed by atoms with Gasteiger partial charge in [-0.3, -0.25) is 9.59 Å². The van der Waals surface area contributed by atoms with Gasteiger partial charge in [-0.15, -0.1) is 10.2 Å². The van der Waals surface area contributed by atoms with Gasteiger partial charge in [0.15, 0.2) is 5.78 Å². The number of Topliss-reactive ketones (excluding diaryl/α,β-unsaturated/α-hetero) is 1. The van der Waals surface area contributed by atoms with Gasteiger partial charge < -0.3 is 5.32 Å². The molecule has 1 heterocycles. The zero-order valence-corrected chi connectivity index (χ0v) is 15.2. The third kappa shape index (κ3) is 5.23. The smallest absolute Gasteiger partial charge is 0.226 e. The maximum Gasteiger partial charge on any atom is 0.226 e. The number of hydrogen-bond acceptors (Lipinski definition) is 5. The Labute approximate surface area is 146 Å². The fraction of sp³-hybridized carbons (Fsp3) is 0.444. The molecule has 0 atom stereocenters. The van der Waals surface area contributed by atoms with Crippen LogP contribution in [0.15, 0.2) is 18.2 Å².